The third-order valence-electron chi connectivity index (χ3n) is 5.01. The van der Waals surface area contributed by atoms with Gasteiger partial charge in [-0.15, -0.1) is 0 Å². The van der Waals surface area contributed by atoms with Gasteiger partial charge in [-0.1, -0.05) is 37.6 Å². The summed E-state index contributed by atoms with van der Waals surface area (Å²) in [4.78, 5) is 14.5. The molecule has 0 aromatic heterocycles. The zero-order valence-electron chi connectivity index (χ0n) is 16.6. The number of sulfonamides is 1. The number of carbonyl (C=O) groups is 1. The maximum absolute atomic E-state index is 12.7. The SMILES string of the molecule is CC(C)c1ccc(NC(=O)CN2CCN(S(=O)(=O)c3ccc(Cl)cc3)CC2)cc1. The molecule has 0 saturated carbocycles. The monoisotopic (exact) mass is 435 g/mol. The number of nitrogens with one attached hydrogen (secondary N) is 1. The van der Waals surface area contributed by atoms with E-state index in [0.717, 1.165) is 5.69 Å². The highest BCUT2D eigenvalue weighted by Gasteiger charge is 2.29. The number of benzene rings is 2. The fourth-order valence-electron chi connectivity index (χ4n) is 3.24. The third-order valence-corrected chi connectivity index (χ3v) is 7.18. The Morgan fingerprint density at radius 2 is 1.59 bits per heavy atom. The summed E-state index contributed by atoms with van der Waals surface area (Å²) < 4.78 is 26.9. The number of piperazine rings is 1. The average Bonchev–Trinajstić information content (AvgIpc) is 2.69. The lowest BCUT2D eigenvalue weighted by atomic mass is 10.0. The number of carbonyl (C=O) groups excluding carboxylic acids is 1. The van der Waals surface area contributed by atoms with Crippen molar-refractivity contribution in [3.05, 3.63) is 59.1 Å². The van der Waals surface area contributed by atoms with Gasteiger partial charge in [-0.25, -0.2) is 8.42 Å². The summed E-state index contributed by atoms with van der Waals surface area (Å²) >= 11 is 5.84. The lowest BCUT2D eigenvalue weighted by Crippen LogP contribution is -2.50. The van der Waals surface area contributed by atoms with Gasteiger partial charge in [0.2, 0.25) is 15.9 Å². The van der Waals surface area contributed by atoms with Gasteiger partial charge in [0.25, 0.3) is 0 Å². The third kappa shape index (κ3) is 5.57. The van der Waals surface area contributed by atoms with E-state index in [0.29, 0.717) is 37.1 Å². The molecule has 1 heterocycles. The molecule has 3 rings (SSSR count). The number of amides is 1. The molecule has 0 aliphatic carbocycles. The number of hydrogen-bond acceptors (Lipinski definition) is 4. The number of nitrogens with zero attached hydrogens (tertiary/aromatic N) is 2. The van der Waals surface area contributed by atoms with Crippen LogP contribution < -0.4 is 5.32 Å². The van der Waals surface area contributed by atoms with E-state index in [9.17, 15) is 13.2 Å². The molecule has 0 unspecified atom stereocenters. The number of hydrogen-bond donors (Lipinski definition) is 1. The van der Waals surface area contributed by atoms with Crippen LogP contribution in [0.5, 0.6) is 0 Å². The summed E-state index contributed by atoms with van der Waals surface area (Å²) in [5, 5.41) is 3.40. The molecule has 29 heavy (non-hydrogen) atoms. The Morgan fingerprint density at radius 3 is 2.14 bits per heavy atom. The molecule has 6 nitrogen and oxygen atoms in total. The van der Waals surface area contributed by atoms with Crippen LogP contribution in [0.2, 0.25) is 5.02 Å². The van der Waals surface area contributed by atoms with Crippen molar-refractivity contribution in [2.75, 3.05) is 38.0 Å². The molecule has 1 fully saturated rings. The molecule has 0 bridgehead atoms. The first-order chi connectivity index (χ1) is 13.8. The van der Waals surface area contributed by atoms with Crippen LogP contribution >= 0.6 is 11.6 Å². The Hall–Kier alpha value is -1.93. The number of anilines is 1. The molecule has 1 aliphatic rings. The Bertz CT molecular complexity index is 936. The lowest BCUT2D eigenvalue weighted by Gasteiger charge is -2.33. The second-order valence-corrected chi connectivity index (χ2v) is 9.83. The second kappa shape index (κ2) is 9.26. The summed E-state index contributed by atoms with van der Waals surface area (Å²) in [7, 11) is -3.54. The molecule has 0 radical (unpaired) electrons. The summed E-state index contributed by atoms with van der Waals surface area (Å²) in [6.45, 7) is 6.20. The van der Waals surface area contributed by atoms with Crippen molar-refractivity contribution in [1.29, 1.82) is 0 Å². The van der Waals surface area contributed by atoms with E-state index in [1.54, 1.807) is 12.1 Å². The standard InChI is InChI=1S/C21H26ClN3O3S/c1-16(2)17-3-7-19(8-4-17)23-21(26)15-24-11-13-25(14-12-24)29(27,28)20-9-5-18(22)6-10-20/h3-10,16H,11-15H2,1-2H3,(H,23,26). The minimum atomic E-state index is -3.54. The lowest BCUT2D eigenvalue weighted by molar-refractivity contribution is -0.117. The molecule has 2 aromatic carbocycles. The highest BCUT2D eigenvalue weighted by molar-refractivity contribution is 7.89. The normalized spacial score (nSPS) is 16.1. The van der Waals surface area contributed by atoms with Crippen molar-refractivity contribution in [3.8, 4) is 0 Å². The summed E-state index contributed by atoms with van der Waals surface area (Å²) in [6.07, 6.45) is 0. The molecular weight excluding hydrogens is 410 g/mol. The average molecular weight is 436 g/mol. The highest BCUT2D eigenvalue weighted by Crippen LogP contribution is 2.20. The van der Waals surface area contributed by atoms with Gasteiger partial charge < -0.3 is 5.32 Å². The van der Waals surface area contributed by atoms with Gasteiger partial charge in [0, 0.05) is 36.9 Å². The van der Waals surface area contributed by atoms with E-state index in [-0.39, 0.29) is 17.3 Å². The van der Waals surface area contributed by atoms with Crippen molar-refractivity contribution >= 4 is 33.2 Å². The largest absolute Gasteiger partial charge is 0.325 e. The van der Waals surface area contributed by atoms with Crippen LogP contribution in [-0.4, -0.2) is 56.3 Å². The predicted octanol–water partition coefficient (Wildman–Crippen LogP) is 3.41. The zero-order chi connectivity index (χ0) is 21.0. The smallest absolute Gasteiger partial charge is 0.243 e. The van der Waals surface area contributed by atoms with Crippen LogP contribution in [0, 0.1) is 0 Å². The minimum Gasteiger partial charge on any atom is -0.325 e. The van der Waals surface area contributed by atoms with Crippen LogP contribution in [0.15, 0.2) is 53.4 Å². The van der Waals surface area contributed by atoms with E-state index in [2.05, 4.69) is 19.2 Å². The molecular formula is C21H26ClN3O3S. The van der Waals surface area contributed by atoms with Gasteiger partial charge in [0.05, 0.1) is 11.4 Å². The highest BCUT2D eigenvalue weighted by atomic mass is 35.5. The number of halogens is 1. The fourth-order valence-corrected chi connectivity index (χ4v) is 4.79. The van der Waals surface area contributed by atoms with Crippen molar-refractivity contribution in [3.63, 3.8) is 0 Å². The summed E-state index contributed by atoms with van der Waals surface area (Å²) in [6, 6.07) is 14.0. The first-order valence-corrected chi connectivity index (χ1v) is 11.5. The van der Waals surface area contributed by atoms with Crippen LogP contribution in [0.25, 0.3) is 0 Å². The van der Waals surface area contributed by atoms with Gasteiger partial charge in [-0.05, 0) is 47.9 Å². The van der Waals surface area contributed by atoms with E-state index in [4.69, 9.17) is 11.6 Å². The van der Waals surface area contributed by atoms with Crippen LogP contribution in [0.4, 0.5) is 5.69 Å². The van der Waals surface area contributed by atoms with Crippen LogP contribution in [-0.2, 0) is 14.8 Å². The van der Waals surface area contributed by atoms with Gasteiger partial charge >= 0.3 is 0 Å². The molecule has 0 atom stereocenters. The molecule has 156 valence electrons. The van der Waals surface area contributed by atoms with Gasteiger partial charge in [-0.2, -0.15) is 4.31 Å². The zero-order valence-corrected chi connectivity index (χ0v) is 18.2. The van der Waals surface area contributed by atoms with E-state index in [1.807, 2.05) is 29.2 Å². The van der Waals surface area contributed by atoms with E-state index in [1.165, 1.54) is 22.0 Å². The van der Waals surface area contributed by atoms with Crippen molar-refractivity contribution < 1.29 is 13.2 Å². The maximum Gasteiger partial charge on any atom is 0.243 e. The molecule has 8 heteroatoms. The minimum absolute atomic E-state index is 0.101. The van der Waals surface area contributed by atoms with Gasteiger partial charge in [0.15, 0.2) is 0 Å². The Balaban J connectivity index is 1.51. The first-order valence-electron chi connectivity index (χ1n) is 9.63. The number of rotatable bonds is 6. The van der Waals surface area contributed by atoms with Crippen molar-refractivity contribution in [2.45, 2.75) is 24.7 Å². The molecule has 0 spiro atoms. The summed E-state index contributed by atoms with van der Waals surface area (Å²) in [5.74, 6) is 0.344. The van der Waals surface area contributed by atoms with E-state index >= 15 is 0 Å². The van der Waals surface area contributed by atoms with E-state index < -0.39 is 10.0 Å². The first kappa shape index (κ1) is 21.8. The molecule has 1 amide bonds. The Morgan fingerprint density at radius 1 is 1.00 bits per heavy atom. The molecule has 1 aliphatic heterocycles. The van der Waals surface area contributed by atoms with Crippen LogP contribution in [0.3, 0.4) is 0 Å². The summed E-state index contributed by atoms with van der Waals surface area (Å²) in [5.41, 5.74) is 1.99. The molecule has 1 N–H and O–H groups in total. The fraction of sp³-hybridized carbons (Fsp3) is 0.381. The second-order valence-electron chi connectivity index (χ2n) is 7.46. The van der Waals surface area contributed by atoms with Crippen LogP contribution in [0.1, 0.15) is 25.3 Å². The van der Waals surface area contributed by atoms with Crippen molar-refractivity contribution in [1.82, 2.24) is 9.21 Å². The quantitative estimate of drug-likeness (QED) is 0.754. The Labute approximate surface area is 177 Å². The topological polar surface area (TPSA) is 69.7 Å². The molecule has 2 aromatic rings. The van der Waals surface area contributed by atoms with Gasteiger partial charge in [-0.3, -0.25) is 9.69 Å². The maximum atomic E-state index is 12.7. The molecule has 1 saturated heterocycles. The predicted molar refractivity (Wildman–Crippen MR) is 116 cm³/mol. The Kier molecular flexibility index (Phi) is 6.95. The van der Waals surface area contributed by atoms with Crippen molar-refractivity contribution in [2.24, 2.45) is 0 Å². The van der Waals surface area contributed by atoms with Gasteiger partial charge in [0.1, 0.15) is 0 Å².